The molecule has 0 amide bonds. The first-order valence-corrected chi connectivity index (χ1v) is 11.4. The van der Waals surface area contributed by atoms with Gasteiger partial charge in [-0.25, -0.2) is 0 Å². The van der Waals surface area contributed by atoms with Crippen LogP contribution in [0.15, 0.2) is 42.5 Å². The summed E-state index contributed by atoms with van der Waals surface area (Å²) in [5.74, 6) is -0.135. The van der Waals surface area contributed by atoms with Crippen molar-refractivity contribution >= 4 is 35.3 Å². The van der Waals surface area contributed by atoms with Gasteiger partial charge < -0.3 is 9.57 Å². The molecule has 144 valence electrons. The van der Waals surface area contributed by atoms with Gasteiger partial charge in [-0.3, -0.25) is 4.79 Å². The van der Waals surface area contributed by atoms with E-state index in [0.717, 1.165) is 41.3 Å². The molecule has 0 heterocycles. The van der Waals surface area contributed by atoms with Crippen LogP contribution < -0.4 is 4.84 Å². The van der Waals surface area contributed by atoms with Gasteiger partial charge in [0.05, 0.1) is 0 Å². The average Bonchev–Trinajstić information content (AvgIpc) is 3.14. The van der Waals surface area contributed by atoms with Crippen molar-refractivity contribution in [3.63, 3.8) is 0 Å². The third-order valence-electron chi connectivity index (χ3n) is 4.79. The summed E-state index contributed by atoms with van der Waals surface area (Å²) in [6, 6.07) is 12.4. The van der Waals surface area contributed by atoms with E-state index in [1.165, 1.54) is 0 Å². The summed E-state index contributed by atoms with van der Waals surface area (Å²) in [6.45, 7) is 3.71. The van der Waals surface area contributed by atoms with Gasteiger partial charge in [-0.1, -0.05) is 50.2 Å². The Hall–Kier alpha value is -1.68. The van der Waals surface area contributed by atoms with Crippen LogP contribution in [0.3, 0.4) is 0 Å². The van der Waals surface area contributed by atoms with Crippen LogP contribution in [0.4, 0.5) is 0 Å². The molecule has 0 N–H and O–H groups in total. The Bertz CT molecular complexity index is 817. The molecule has 0 saturated heterocycles. The van der Waals surface area contributed by atoms with E-state index in [9.17, 15) is 9.36 Å². The molecule has 1 fully saturated rings. The van der Waals surface area contributed by atoms with Crippen molar-refractivity contribution in [2.75, 3.05) is 0 Å². The molecule has 1 aliphatic carbocycles. The molecule has 0 radical (unpaired) electrons. The quantitative estimate of drug-likeness (QED) is 0.327. The van der Waals surface area contributed by atoms with Crippen LogP contribution in [0.1, 0.15) is 39.5 Å². The third-order valence-corrected chi connectivity index (χ3v) is 5.88. The zero-order valence-corrected chi connectivity index (χ0v) is 17.2. The molecule has 0 bridgehead atoms. The van der Waals surface area contributed by atoms with Crippen LogP contribution in [0.25, 0.3) is 10.8 Å². The number of halogens is 1. The largest absolute Gasteiger partial charge is 0.593 e. The number of hydroxylamine groups is 1. The second-order valence-corrected chi connectivity index (χ2v) is 8.84. The molecule has 0 aromatic heterocycles. The maximum Gasteiger partial charge on any atom is 0.593 e. The molecule has 2 atom stereocenters. The Morgan fingerprint density at radius 3 is 2.48 bits per heavy atom. The van der Waals surface area contributed by atoms with Gasteiger partial charge in [0, 0.05) is 5.39 Å². The van der Waals surface area contributed by atoms with E-state index >= 15 is 0 Å². The Kier molecular flexibility index (Phi) is 6.69. The number of hydrogen-bond donors (Lipinski definition) is 0. The molecule has 0 aliphatic heterocycles. The fraction of sp³-hybridized carbons (Fsp3) is 0.450. The van der Waals surface area contributed by atoms with Crippen LogP contribution in [0.2, 0.25) is 0 Å². The minimum absolute atomic E-state index is 0.0774. The summed E-state index contributed by atoms with van der Waals surface area (Å²) in [5, 5.41) is 1.83. The number of carbonyl (C=O) groups excluding carboxylic acids is 1. The molecule has 27 heavy (non-hydrogen) atoms. The number of hydrogen-bond acceptors (Lipinski definition) is 4. The fourth-order valence-electron chi connectivity index (χ4n) is 3.42. The molecule has 7 heteroatoms. The topological polar surface area (TPSA) is 55.8 Å². The number of carbonyl (C=O) groups is 1. The summed E-state index contributed by atoms with van der Waals surface area (Å²) in [6.07, 6.45) is 3.78. The van der Waals surface area contributed by atoms with Crippen molar-refractivity contribution in [1.82, 2.24) is 4.83 Å². The minimum atomic E-state index is -2.43. The molecule has 3 rings (SSSR count). The number of fused-ring (bicyclic) bond motifs is 1. The monoisotopic (exact) mass is 408 g/mol. The summed E-state index contributed by atoms with van der Waals surface area (Å²) in [7, 11) is -2.43. The Morgan fingerprint density at radius 1 is 1.15 bits per heavy atom. The van der Waals surface area contributed by atoms with E-state index in [1.807, 2.05) is 50.2 Å². The number of rotatable bonds is 7. The molecular weight excluding hydrogens is 385 g/mol. The van der Waals surface area contributed by atoms with Crippen molar-refractivity contribution in [2.24, 2.45) is 5.92 Å². The SMILES string of the molecule is CC(C)C(C(=O)OC1CCCC1)N(Oc1cccc2ccccc12)[P+](=O)Cl. The standard InChI is InChI=1S/C20H24ClNO4P/c1-14(2)19(20(23)25-16-10-4-5-11-16)22(27(21)24)26-18-13-7-9-15-8-3-6-12-17(15)18/h3,6-9,12-14,16,19H,4-5,10-11H2,1-2H3/q+1. The molecule has 1 aliphatic rings. The van der Waals surface area contributed by atoms with Crippen LogP contribution in [-0.4, -0.2) is 22.9 Å². The second kappa shape index (κ2) is 9.01. The lowest BCUT2D eigenvalue weighted by Gasteiger charge is -2.24. The first-order valence-electron chi connectivity index (χ1n) is 9.26. The molecular formula is C20H24ClNO4P+. The van der Waals surface area contributed by atoms with Gasteiger partial charge >= 0.3 is 13.3 Å². The van der Waals surface area contributed by atoms with E-state index in [-0.39, 0.29) is 12.0 Å². The highest BCUT2D eigenvalue weighted by atomic mass is 35.7. The smallest absolute Gasteiger partial charge is 0.461 e. The second-order valence-electron chi connectivity index (χ2n) is 7.13. The number of esters is 1. The predicted octanol–water partition coefficient (Wildman–Crippen LogP) is 5.84. The normalized spacial score (nSPS) is 16.7. The van der Waals surface area contributed by atoms with Crippen LogP contribution in [0.5, 0.6) is 5.75 Å². The van der Waals surface area contributed by atoms with E-state index in [2.05, 4.69) is 0 Å². The van der Waals surface area contributed by atoms with E-state index in [0.29, 0.717) is 5.75 Å². The Morgan fingerprint density at radius 2 is 1.81 bits per heavy atom. The van der Waals surface area contributed by atoms with Crippen molar-refractivity contribution in [2.45, 2.75) is 51.7 Å². The van der Waals surface area contributed by atoms with Gasteiger partial charge in [0.15, 0.2) is 11.8 Å². The van der Waals surface area contributed by atoms with E-state index in [4.69, 9.17) is 20.8 Å². The van der Waals surface area contributed by atoms with Crippen molar-refractivity contribution in [1.29, 1.82) is 0 Å². The van der Waals surface area contributed by atoms with Crippen molar-refractivity contribution < 1.29 is 18.9 Å². The average molecular weight is 409 g/mol. The molecule has 1 saturated carbocycles. The lowest BCUT2D eigenvalue weighted by molar-refractivity contribution is -0.163. The van der Waals surface area contributed by atoms with Gasteiger partial charge in [0.1, 0.15) is 10.9 Å². The summed E-state index contributed by atoms with van der Waals surface area (Å²) < 4.78 is 17.9. The lowest BCUT2D eigenvalue weighted by atomic mass is 10.1. The maximum absolute atomic E-state index is 12.8. The van der Waals surface area contributed by atoms with Gasteiger partial charge in [-0.15, -0.1) is 0 Å². The third kappa shape index (κ3) is 4.78. The number of nitrogens with zero attached hydrogens (tertiary/aromatic N) is 1. The Labute approximate surface area is 165 Å². The van der Waals surface area contributed by atoms with Crippen LogP contribution in [-0.2, 0) is 14.1 Å². The zero-order valence-electron chi connectivity index (χ0n) is 15.5. The molecule has 5 nitrogen and oxygen atoms in total. The maximum atomic E-state index is 12.8. The molecule has 2 aromatic rings. The highest BCUT2D eigenvalue weighted by Gasteiger charge is 2.46. The predicted molar refractivity (Wildman–Crippen MR) is 107 cm³/mol. The highest BCUT2D eigenvalue weighted by Crippen LogP contribution is 2.39. The van der Waals surface area contributed by atoms with Crippen LogP contribution >= 0.6 is 18.5 Å². The van der Waals surface area contributed by atoms with E-state index in [1.54, 1.807) is 6.07 Å². The van der Waals surface area contributed by atoms with Crippen LogP contribution in [0, 0.1) is 5.92 Å². The minimum Gasteiger partial charge on any atom is -0.461 e. The summed E-state index contributed by atoms with van der Waals surface area (Å²) in [5.41, 5.74) is 0. The zero-order chi connectivity index (χ0) is 19.4. The van der Waals surface area contributed by atoms with Gasteiger partial charge in [0.2, 0.25) is 11.2 Å². The lowest BCUT2D eigenvalue weighted by Crippen LogP contribution is -2.44. The van der Waals surface area contributed by atoms with Crippen molar-refractivity contribution in [3.05, 3.63) is 42.5 Å². The molecule has 0 spiro atoms. The first kappa shape index (κ1) is 20.1. The van der Waals surface area contributed by atoms with Crippen molar-refractivity contribution in [3.8, 4) is 5.75 Å². The first-order chi connectivity index (χ1) is 13.0. The van der Waals surface area contributed by atoms with Gasteiger partial charge in [-0.2, -0.15) is 0 Å². The summed E-state index contributed by atoms with van der Waals surface area (Å²) in [4.78, 5) is 19.8. The highest BCUT2D eigenvalue weighted by molar-refractivity contribution is 7.71. The summed E-state index contributed by atoms with van der Waals surface area (Å²) >= 11 is 5.95. The van der Waals surface area contributed by atoms with Gasteiger partial charge in [-0.05, 0) is 47.6 Å². The van der Waals surface area contributed by atoms with Gasteiger partial charge in [0.25, 0.3) is 0 Å². The Balaban J connectivity index is 1.87. The molecule has 2 unspecified atom stereocenters. The number of benzene rings is 2. The van der Waals surface area contributed by atoms with E-state index < -0.39 is 19.3 Å². The fourth-order valence-corrected chi connectivity index (χ4v) is 4.50. The molecule has 2 aromatic carbocycles. The number of ether oxygens (including phenoxy) is 1.